The topological polar surface area (TPSA) is 57.3 Å². The fraction of sp³-hybridized carbons (Fsp3) is 0.375. The zero-order valence-corrected chi connectivity index (χ0v) is 13.3. The van der Waals surface area contributed by atoms with Crippen LogP contribution in [-0.2, 0) is 17.8 Å². The van der Waals surface area contributed by atoms with Crippen LogP contribution in [0.4, 0.5) is 4.39 Å². The number of nitrogens with one attached hydrogen (secondary N) is 2. The Bertz CT molecular complexity index is 741. The van der Waals surface area contributed by atoms with Crippen molar-refractivity contribution >= 4 is 17.2 Å². The van der Waals surface area contributed by atoms with Crippen molar-refractivity contribution in [3.8, 4) is 10.6 Å². The number of nitrogens with zero attached hydrogens (tertiary/aromatic N) is 2. The molecule has 1 saturated heterocycles. The van der Waals surface area contributed by atoms with E-state index in [0.717, 1.165) is 40.5 Å². The summed E-state index contributed by atoms with van der Waals surface area (Å²) in [4.78, 5) is 20.1. The van der Waals surface area contributed by atoms with Crippen molar-refractivity contribution < 1.29 is 9.18 Å². The monoisotopic (exact) mass is 332 g/mol. The predicted molar refractivity (Wildman–Crippen MR) is 86.2 cm³/mol. The summed E-state index contributed by atoms with van der Waals surface area (Å²) in [6.07, 6.45) is 1.58. The molecule has 4 rings (SSSR count). The van der Waals surface area contributed by atoms with Gasteiger partial charge in [0.25, 0.3) is 0 Å². The summed E-state index contributed by atoms with van der Waals surface area (Å²) in [6.45, 7) is 2.11. The molecule has 1 atom stereocenters. The largest absolute Gasteiger partial charge is 0.336 e. The summed E-state index contributed by atoms with van der Waals surface area (Å²) >= 11 is 1.55. The van der Waals surface area contributed by atoms with Gasteiger partial charge in [-0.3, -0.25) is 10.2 Å². The van der Waals surface area contributed by atoms with Gasteiger partial charge in [0.1, 0.15) is 16.9 Å². The van der Waals surface area contributed by atoms with Gasteiger partial charge in [0.05, 0.1) is 12.2 Å². The van der Waals surface area contributed by atoms with Crippen LogP contribution in [0.5, 0.6) is 0 Å². The van der Waals surface area contributed by atoms with Gasteiger partial charge in [-0.25, -0.2) is 14.8 Å². The molecule has 7 heteroatoms. The Morgan fingerprint density at radius 1 is 1.43 bits per heavy atom. The van der Waals surface area contributed by atoms with Gasteiger partial charge in [-0.1, -0.05) is 12.1 Å². The highest BCUT2D eigenvalue weighted by molar-refractivity contribution is 7.15. The van der Waals surface area contributed by atoms with Crippen LogP contribution in [0.3, 0.4) is 0 Å². The molecule has 2 aliphatic rings. The zero-order valence-electron chi connectivity index (χ0n) is 12.5. The molecule has 1 unspecified atom stereocenters. The number of carbonyl (C=O) groups is 1. The molecule has 0 bridgehead atoms. The minimum absolute atomic E-state index is 0.132. The van der Waals surface area contributed by atoms with E-state index in [4.69, 9.17) is 0 Å². The smallest absolute Gasteiger partial charge is 0.241 e. The Labute approximate surface area is 137 Å². The number of hydrazine groups is 1. The summed E-state index contributed by atoms with van der Waals surface area (Å²) in [5, 5.41) is 0.824. The number of hydrogen-bond donors (Lipinski definition) is 2. The van der Waals surface area contributed by atoms with Crippen molar-refractivity contribution in [2.24, 2.45) is 0 Å². The van der Waals surface area contributed by atoms with E-state index in [2.05, 4.69) is 15.8 Å². The summed E-state index contributed by atoms with van der Waals surface area (Å²) in [6, 6.07) is 6.36. The van der Waals surface area contributed by atoms with E-state index >= 15 is 0 Å². The number of amides is 1. The molecule has 2 N–H and O–H groups in total. The Morgan fingerprint density at radius 2 is 2.35 bits per heavy atom. The molecule has 0 radical (unpaired) electrons. The number of aromatic nitrogens is 1. The number of carbonyl (C=O) groups excluding carboxylic acids is 1. The number of fused-ring (bicyclic) bond motifs is 1. The molecule has 1 fully saturated rings. The lowest BCUT2D eigenvalue weighted by molar-refractivity contribution is -0.134. The average molecular weight is 332 g/mol. The average Bonchev–Trinajstić information content (AvgIpc) is 3.23. The number of hydrogen-bond acceptors (Lipinski definition) is 5. The highest BCUT2D eigenvalue weighted by Gasteiger charge is 2.30. The van der Waals surface area contributed by atoms with Crippen molar-refractivity contribution in [3.63, 3.8) is 0 Å². The van der Waals surface area contributed by atoms with Crippen molar-refractivity contribution in [1.82, 2.24) is 20.7 Å². The molecule has 1 aromatic heterocycles. The van der Waals surface area contributed by atoms with E-state index < -0.39 is 0 Å². The molecule has 0 spiro atoms. The second kappa shape index (κ2) is 5.99. The number of thiazole rings is 1. The van der Waals surface area contributed by atoms with Gasteiger partial charge < -0.3 is 4.90 Å². The van der Waals surface area contributed by atoms with Crippen molar-refractivity contribution in [2.75, 3.05) is 13.1 Å². The van der Waals surface area contributed by atoms with Gasteiger partial charge >= 0.3 is 0 Å². The minimum Gasteiger partial charge on any atom is -0.336 e. The van der Waals surface area contributed by atoms with E-state index in [0.29, 0.717) is 13.1 Å². The molecule has 3 heterocycles. The fourth-order valence-corrected chi connectivity index (χ4v) is 4.14. The second-order valence-corrected chi connectivity index (χ2v) is 6.91. The van der Waals surface area contributed by atoms with Crippen LogP contribution in [-0.4, -0.2) is 34.9 Å². The third-order valence-corrected chi connectivity index (χ3v) is 5.38. The first-order chi connectivity index (χ1) is 11.2. The van der Waals surface area contributed by atoms with Crippen molar-refractivity contribution in [2.45, 2.75) is 25.4 Å². The normalized spacial score (nSPS) is 20.6. The lowest BCUT2D eigenvalue weighted by Crippen LogP contribution is -2.47. The number of benzene rings is 1. The highest BCUT2D eigenvalue weighted by atomic mass is 32.1. The van der Waals surface area contributed by atoms with Crippen LogP contribution in [0.1, 0.15) is 17.0 Å². The Hall–Kier alpha value is -1.83. The summed E-state index contributed by atoms with van der Waals surface area (Å²) in [7, 11) is 0. The van der Waals surface area contributed by atoms with Crippen LogP contribution in [0.15, 0.2) is 24.3 Å². The Kier molecular flexibility index (Phi) is 3.84. The molecule has 1 amide bonds. The van der Waals surface area contributed by atoms with Gasteiger partial charge in [-0.15, -0.1) is 11.3 Å². The lowest BCUT2D eigenvalue weighted by Gasteiger charge is -2.28. The molecular weight excluding hydrogens is 315 g/mol. The standard InChI is InChI=1S/C16H17FN4OS/c17-11-3-1-2-10(8-11)15-19-12-5-7-21(9-14(12)23-15)16(22)13-4-6-18-20-13/h1-3,8,13,18,20H,4-7,9H2. The van der Waals surface area contributed by atoms with Crippen LogP contribution < -0.4 is 10.9 Å². The first-order valence-corrected chi connectivity index (χ1v) is 8.54. The van der Waals surface area contributed by atoms with E-state index in [1.807, 2.05) is 11.0 Å². The van der Waals surface area contributed by atoms with Crippen molar-refractivity contribution in [1.29, 1.82) is 0 Å². The minimum atomic E-state index is -0.257. The van der Waals surface area contributed by atoms with Crippen molar-refractivity contribution in [3.05, 3.63) is 40.7 Å². The Balaban J connectivity index is 1.55. The molecule has 23 heavy (non-hydrogen) atoms. The number of rotatable bonds is 2. The van der Waals surface area contributed by atoms with Crippen LogP contribution >= 0.6 is 11.3 Å². The molecular formula is C16H17FN4OS. The first kappa shape index (κ1) is 14.7. The fourth-order valence-electron chi connectivity index (χ4n) is 3.02. The molecule has 5 nitrogen and oxygen atoms in total. The van der Waals surface area contributed by atoms with Gasteiger partial charge in [0.2, 0.25) is 5.91 Å². The van der Waals surface area contributed by atoms with E-state index in [1.54, 1.807) is 17.4 Å². The quantitative estimate of drug-likeness (QED) is 0.879. The van der Waals surface area contributed by atoms with E-state index in [-0.39, 0.29) is 17.8 Å². The summed E-state index contributed by atoms with van der Waals surface area (Å²) < 4.78 is 13.4. The third-order valence-electron chi connectivity index (χ3n) is 4.25. The molecule has 120 valence electrons. The van der Waals surface area contributed by atoms with Gasteiger partial charge in [0.15, 0.2) is 0 Å². The molecule has 0 aliphatic carbocycles. The highest BCUT2D eigenvalue weighted by Crippen LogP contribution is 2.32. The number of halogens is 1. The van der Waals surface area contributed by atoms with Crippen LogP contribution in [0.2, 0.25) is 0 Å². The Morgan fingerprint density at radius 3 is 3.13 bits per heavy atom. The molecule has 1 aromatic carbocycles. The van der Waals surface area contributed by atoms with Gasteiger partial charge in [-0.2, -0.15) is 0 Å². The molecule has 2 aliphatic heterocycles. The van der Waals surface area contributed by atoms with Gasteiger partial charge in [-0.05, 0) is 18.6 Å². The third kappa shape index (κ3) is 2.87. The molecule has 0 saturated carbocycles. The maximum atomic E-state index is 13.4. The SMILES string of the molecule is O=C(C1CCNN1)N1CCc2nc(-c3cccc(F)c3)sc2C1. The molecule has 2 aromatic rings. The first-order valence-electron chi connectivity index (χ1n) is 7.72. The predicted octanol–water partition coefficient (Wildman–Crippen LogP) is 1.70. The summed E-state index contributed by atoms with van der Waals surface area (Å²) in [5.74, 6) is -0.117. The van der Waals surface area contributed by atoms with Gasteiger partial charge in [0, 0.05) is 30.0 Å². The maximum absolute atomic E-state index is 13.4. The zero-order chi connectivity index (χ0) is 15.8. The summed E-state index contributed by atoms with van der Waals surface area (Å²) in [5.41, 5.74) is 7.85. The lowest BCUT2D eigenvalue weighted by atomic mass is 10.1. The van der Waals surface area contributed by atoms with Crippen LogP contribution in [0.25, 0.3) is 10.6 Å². The maximum Gasteiger partial charge on any atom is 0.241 e. The second-order valence-electron chi connectivity index (χ2n) is 5.82. The van der Waals surface area contributed by atoms with E-state index in [9.17, 15) is 9.18 Å². The van der Waals surface area contributed by atoms with E-state index in [1.165, 1.54) is 12.1 Å². The van der Waals surface area contributed by atoms with Crippen LogP contribution in [0, 0.1) is 5.82 Å².